The molecule has 2 aromatic heterocycles. The normalized spacial score (nSPS) is 9.68. The number of rotatable bonds is 3. The van der Waals surface area contributed by atoms with Crippen molar-refractivity contribution in [2.24, 2.45) is 0 Å². The average molecular weight is 398 g/mol. The van der Waals surface area contributed by atoms with E-state index in [2.05, 4.69) is 33.6 Å². The summed E-state index contributed by atoms with van der Waals surface area (Å²) < 4.78 is 0. The van der Waals surface area contributed by atoms with Gasteiger partial charge in [-0.05, 0) is 54.5 Å². The Balaban J connectivity index is 1.34. The van der Waals surface area contributed by atoms with Crippen LogP contribution in [0.2, 0.25) is 0 Å². The van der Waals surface area contributed by atoms with Crippen LogP contribution in [0.1, 0.15) is 17.5 Å². The monoisotopic (exact) mass is 398 g/mol. The second-order valence-electron chi connectivity index (χ2n) is 6.74. The van der Waals surface area contributed by atoms with Crippen LogP contribution in [0.3, 0.4) is 0 Å². The number of ketones is 1. The molecule has 0 saturated carbocycles. The van der Waals surface area contributed by atoms with Crippen molar-refractivity contribution in [3.63, 3.8) is 0 Å². The lowest BCUT2D eigenvalue weighted by molar-refractivity contribution is -0.112. The van der Waals surface area contributed by atoms with E-state index in [9.17, 15) is 4.79 Å². The summed E-state index contributed by atoms with van der Waals surface area (Å²) in [6.45, 7) is 0. The van der Waals surface area contributed by atoms with Crippen molar-refractivity contribution < 1.29 is 4.79 Å². The Hall–Kier alpha value is -4.47. The molecule has 0 aliphatic carbocycles. The summed E-state index contributed by atoms with van der Waals surface area (Å²) in [5.41, 5.74) is 5.50. The molecule has 0 atom stereocenters. The smallest absolute Gasteiger partial charge is 0.217 e. The summed E-state index contributed by atoms with van der Waals surface area (Å²) >= 11 is 0. The molecule has 146 valence electrons. The molecule has 0 saturated heterocycles. The van der Waals surface area contributed by atoms with Crippen LogP contribution < -0.4 is 0 Å². The zero-order valence-corrected chi connectivity index (χ0v) is 16.7. The number of hydrogen-bond donors (Lipinski definition) is 0. The lowest BCUT2D eigenvalue weighted by Crippen LogP contribution is -1.90. The molecule has 3 heteroatoms. The molecule has 0 aliphatic heterocycles. The van der Waals surface area contributed by atoms with Crippen molar-refractivity contribution in [1.82, 2.24) is 9.97 Å². The SMILES string of the molecule is O=C(C#Cc1ccc(-c2ccccn2)cc1)CC#Cc1ccc(-c2ccccn2)cc1. The van der Waals surface area contributed by atoms with Gasteiger partial charge in [0.2, 0.25) is 5.78 Å². The fourth-order valence-corrected chi connectivity index (χ4v) is 2.93. The second-order valence-corrected chi connectivity index (χ2v) is 6.74. The zero-order chi connectivity index (χ0) is 21.3. The van der Waals surface area contributed by atoms with Gasteiger partial charge in [0.25, 0.3) is 0 Å². The maximum absolute atomic E-state index is 12.0. The summed E-state index contributed by atoms with van der Waals surface area (Å²) in [4.78, 5) is 20.7. The average Bonchev–Trinajstić information content (AvgIpc) is 2.85. The molecule has 0 amide bonds. The highest BCUT2D eigenvalue weighted by Gasteiger charge is 1.99. The Labute approximate surface area is 181 Å². The predicted octanol–water partition coefficient (Wildman–Crippen LogP) is 5.17. The van der Waals surface area contributed by atoms with E-state index in [0.717, 1.165) is 33.6 Å². The highest BCUT2D eigenvalue weighted by atomic mass is 16.1. The van der Waals surface area contributed by atoms with E-state index in [1.165, 1.54) is 0 Å². The van der Waals surface area contributed by atoms with Crippen LogP contribution >= 0.6 is 0 Å². The first kappa shape index (κ1) is 19.8. The fourth-order valence-electron chi connectivity index (χ4n) is 2.93. The Morgan fingerprint density at radius 2 is 1.16 bits per heavy atom. The first-order valence-corrected chi connectivity index (χ1v) is 9.84. The first-order chi connectivity index (χ1) is 15.3. The van der Waals surface area contributed by atoms with E-state index in [0.29, 0.717) is 0 Å². The molecule has 4 rings (SSSR count). The molecular formula is C28H18N2O. The molecule has 0 bridgehead atoms. The van der Waals surface area contributed by atoms with Crippen LogP contribution in [-0.4, -0.2) is 15.8 Å². The molecule has 2 aromatic carbocycles. The van der Waals surface area contributed by atoms with E-state index in [4.69, 9.17) is 0 Å². The maximum Gasteiger partial charge on any atom is 0.217 e. The number of carbonyl (C=O) groups excluding carboxylic acids is 1. The molecule has 31 heavy (non-hydrogen) atoms. The van der Waals surface area contributed by atoms with Crippen molar-refractivity contribution in [2.45, 2.75) is 6.42 Å². The summed E-state index contributed by atoms with van der Waals surface area (Å²) in [5.74, 6) is 11.3. The quantitative estimate of drug-likeness (QED) is 0.447. The molecule has 0 fully saturated rings. The Morgan fingerprint density at radius 1 is 0.645 bits per heavy atom. The molecule has 0 spiro atoms. The van der Waals surface area contributed by atoms with Gasteiger partial charge in [-0.1, -0.05) is 54.2 Å². The van der Waals surface area contributed by atoms with Crippen LogP contribution in [0.15, 0.2) is 97.3 Å². The largest absolute Gasteiger partial charge is 0.284 e. The predicted molar refractivity (Wildman–Crippen MR) is 123 cm³/mol. The highest BCUT2D eigenvalue weighted by molar-refractivity contribution is 5.97. The molecule has 0 aliphatic rings. The Bertz CT molecular complexity index is 1290. The van der Waals surface area contributed by atoms with Gasteiger partial charge >= 0.3 is 0 Å². The molecule has 0 unspecified atom stereocenters. The van der Waals surface area contributed by atoms with E-state index in [1.807, 2.05) is 84.9 Å². The summed E-state index contributed by atoms with van der Waals surface area (Å²) in [6, 6.07) is 27.1. The van der Waals surface area contributed by atoms with Gasteiger partial charge in [-0.3, -0.25) is 14.8 Å². The number of benzene rings is 2. The van der Waals surface area contributed by atoms with Crippen LogP contribution in [0.5, 0.6) is 0 Å². The van der Waals surface area contributed by atoms with Crippen LogP contribution in [0.4, 0.5) is 0 Å². The Kier molecular flexibility index (Phi) is 6.29. The molecule has 4 aromatic rings. The third-order valence-corrected chi connectivity index (χ3v) is 4.52. The van der Waals surface area contributed by atoms with Crippen LogP contribution in [0.25, 0.3) is 22.5 Å². The summed E-state index contributed by atoms with van der Waals surface area (Å²) in [7, 11) is 0. The number of Topliss-reactive ketones (excluding diaryl/α,β-unsaturated/α-hetero) is 1. The van der Waals surface area contributed by atoms with Crippen molar-refractivity contribution in [3.8, 4) is 46.2 Å². The van der Waals surface area contributed by atoms with Gasteiger partial charge in [-0.2, -0.15) is 0 Å². The number of nitrogens with zero attached hydrogens (tertiary/aromatic N) is 2. The van der Waals surface area contributed by atoms with Gasteiger partial charge in [0.15, 0.2) is 0 Å². The molecule has 2 heterocycles. The second kappa shape index (κ2) is 9.83. The van der Waals surface area contributed by atoms with E-state index in [1.54, 1.807) is 12.4 Å². The van der Waals surface area contributed by atoms with Crippen molar-refractivity contribution in [3.05, 3.63) is 108 Å². The van der Waals surface area contributed by atoms with Crippen molar-refractivity contribution >= 4 is 5.78 Å². The lowest BCUT2D eigenvalue weighted by Gasteiger charge is -1.99. The van der Waals surface area contributed by atoms with E-state index in [-0.39, 0.29) is 12.2 Å². The van der Waals surface area contributed by atoms with Gasteiger partial charge in [0, 0.05) is 34.6 Å². The molecular weight excluding hydrogens is 380 g/mol. The minimum Gasteiger partial charge on any atom is -0.284 e. The fraction of sp³-hybridized carbons (Fsp3) is 0.0357. The minimum atomic E-state index is -0.202. The third kappa shape index (κ3) is 5.54. The highest BCUT2D eigenvalue weighted by Crippen LogP contribution is 2.17. The standard InChI is InChI=1S/C28H18N2O/c31-26(19-14-23-12-17-25(18-13-23)28-9-2-4-21-30-28)7-5-6-22-10-15-24(16-11-22)27-8-1-3-20-29-27/h1-4,8-13,15-18,20-21H,7H2. The maximum atomic E-state index is 12.0. The van der Waals surface area contributed by atoms with Gasteiger partial charge in [-0.25, -0.2) is 0 Å². The summed E-state index contributed by atoms with van der Waals surface area (Å²) in [6.07, 6.45) is 3.63. The summed E-state index contributed by atoms with van der Waals surface area (Å²) in [5, 5.41) is 0. The molecule has 0 N–H and O–H groups in total. The number of aromatic nitrogens is 2. The van der Waals surface area contributed by atoms with Gasteiger partial charge in [0.1, 0.15) is 0 Å². The topological polar surface area (TPSA) is 42.9 Å². The van der Waals surface area contributed by atoms with E-state index < -0.39 is 0 Å². The van der Waals surface area contributed by atoms with Crippen molar-refractivity contribution in [2.75, 3.05) is 0 Å². The minimum absolute atomic E-state index is 0.0982. The number of pyridine rings is 2. The van der Waals surface area contributed by atoms with Gasteiger partial charge in [-0.15, -0.1) is 0 Å². The van der Waals surface area contributed by atoms with E-state index >= 15 is 0 Å². The van der Waals surface area contributed by atoms with Crippen molar-refractivity contribution in [1.29, 1.82) is 0 Å². The molecule has 0 radical (unpaired) electrons. The van der Waals surface area contributed by atoms with Gasteiger partial charge in [0.05, 0.1) is 17.8 Å². The third-order valence-electron chi connectivity index (χ3n) is 4.52. The van der Waals surface area contributed by atoms with Crippen LogP contribution in [0, 0.1) is 23.7 Å². The lowest BCUT2D eigenvalue weighted by atomic mass is 10.1. The van der Waals surface area contributed by atoms with Crippen LogP contribution in [-0.2, 0) is 4.79 Å². The number of hydrogen-bond acceptors (Lipinski definition) is 3. The zero-order valence-electron chi connectivity index (χ0n) is 16.7. The number of carbonyl (C=O) groups is 1. The van der Waals surface area contributed by atoms with Gasteiger partial charge < -0.3 is 0 Å². The molecule has 3 nitrogen and oxygen atoms in total. The Morgan fingerprint density at radius 3 is 1.65 bits per heavy atom. The first-order valence-electron chi connectivity index (χ1n) is 9.84.